The topological polar surface area (TPSA) is 33.2 Å². The molecule has 0 N–H and O–H groups in total. The number of hydrogen-bond donors (Lipinski definition) is 0. The molecule has 3 nitrogen and oxygen atoms in total. The summed E-state index contributed by atoms with van der Waals surface area (Å²) in [4.78, 5) is 18.3. The van der Waals surface area contributed by atoms with Crippen LogP contribution >= 0.6 is 0 Å². The van der Waals surface area contributed by atoms with Gasteiger partial charge in [-0.3, -0.25) is 9.78 Å². The molecule has 1 amide bonds. The van der Waals surface area contributed by atoms with Crippen LogP contribution in [0.3, 0.4) is 0 Å². The minimum absolute atomic E-state index is 0.203. The maximum atomic E-state index is 12.4. The van der Waals surface area contributed by atoms with Crippen molar-refractivity contribution in [2.75, 3.05) is 6.54 Å². The van der Waals surface area contributed by atoms with E-state index in [2.05, 4.69) is 11.1 Å². The smallest absolute Gasteiger partial charge is 0.249 e. The van der Waals surface area contributed by atoms with Crippen molar-refractivity contribution >= 4 is 5.91 Å². The van der Waals surface area contributed by atoms with Crippen LogP contribution in [0.1, 0.15) is 38.2 Å². The lowest BCUT2D eigenvalue weighted by atomic mass is 9.98. The van der Waals surface area contributed by atoms with Crippen LogP contribution in [0.15, 0.2) is 36.2 Å². The molecule has 0 saturated carbocycles. The van der Waals surface area contributed by atoms with Crippen LogP contribution < -0.4 is 0 Å². The van der Waals surface area contributed by atoms with Gasteiger partial charge < -0.3 is 4.90 Å². The first-order chi connectivity index (χ1) is 8.81. The lowest BCUT2D eigenvalue weighted by Gasteiger charge is -2.23. The molecule has 0 aromatic carbocycles. The molecule has 0 fully saturated rings. The minimum atomic E-state index is 0.203. The zero-order valence-corrected chi connectivity index (χ0v) is 10.9. The van der Waals surface area contributed by atoms with Crippen molar-refractivity contribution in [3.63, 3.8) is 0 Å². The van der Waals surface area contributed by atoms with Crippen molar-refractivity contribution in [3.8, 4) is 0 Å². The Labute approximate surface area is 109 Å². The predicted octanol–water partition coefficient (Wildman–Crippen LogP) is 2.93. The number of amides is 1. The second kappa shape index (κ2) is 6.34. The van der Waals surface area contributed by atoms with Gasteiger partial charge in [0.15, 0.2) is 0 Å². The molecule has 1 aromatic rings. The molecule has 3 heteroatoms. The fourth-order valence-electron chi connectivity index (χ4n) is 2.27. The zero-order valence-electron chi connectivity index (χ0n) is 10.9. The highest BCUT2D eigenvalue weighted by molar-refractivity contribution is 5.93. The van der Waals surface area contributed by atoms with E-state index in [1.807, 2.05) is 24.0 Å². The first-order valence-corrected chi connectivity index (χ1v) is 6.68. The molecule has 2 rings (SSSR count). The van der Waals surface area contributed by atoms with E-state index in [0.717, 1.165) is 36.9 Å². The van der Waals surface area contributed by atoms with Gasteiger partial charge in [-0.15, -0.1) is 0 Å². The van der Waals surface area contributed by atoms with Gasteiger partial charge in [-0.05, 0) is 50.3 Å². The average Bonchev–Trinajstić information content (AvgIpc) is 2.46. The Balaban J connectivity index is 2.04. The van der Waals surface area contributed by atoms with E-state index in [1.165, 1.54) is 6.42 Å². The largest absolute Gasteiger partial charge is 0.335 e. The summed E-state index contributed by atoms with van der Waals surface area (Å²) >= 11 is 0. The number of nitrogens with zero attached hydrogens (tertiary/aromatic N) is 2. The number of carbonyl (C=O) groups excluding carboxylic acids is 1. The second-order valence-corrected chi connectivity index (χ2v) is 4.65. The number of pyridine rings is 1. The van der Waals surface area contributed by atoms with Gasteiger partial charge in [0.1, 0.15) is 0 Å². The lowest BCUT2D eigenvalue weighted by molar-refractivity contribution is -0.127. The molecule has 0 radical (unpaired) electrons. The van der Waals surface area contributed by atoms with Crippen LogP contribution in [0.4, 0.5) is 0 Å². The Bertz CT molecular complexity index is 425. The standard InChI is InChI=1S/C15H20N2O/c1-2-17(12-13-8-10-16-11-9-13)15(18)14-6-4-3-5-7-14/h6,8-11H,2-5,7,12H2,1H3. The maximum absolute atomic E-state index is 12.4. The first-order valence-electron chi connectivity index (χ1n) is 6.68. The van der Waals surface area contributed by atoms with E-state index in [1.54, 1.807) is 12.4 Å². The van der Waals surface area contributed by atoms with E-state index in [4.69, 9.17) is 0 Å². The Kier molecular flexibility index (Phi) is 4.51. The van der Waals surface area contributed by atoms with Gasteiger partial charge in [-0.1, -0.05) is 6.08 Å². The predicted molar refractivity (Wildman–Crippen MR) is 71.9 cm³/mol. The molecule has 0 atom stereocenters. The van der Waals surface area contributed by atoms with Gasteiger partial charge >= 0.3 is 0 Å². The van der Waals surface area contributed by atoms with E-state index in [0.29, 0.717) is 6.54 Å². The number of carbonyl (C=O) groups is 1. The quantitative estimate of drug-likeness (QED) is 0.816. The van der Waals surface area contributed by atoms with Crippen LogP contribution in [-0.4, -0.2) is 22.3 Å². The Morgan fingerprint density at radius 2 is 2.11 bits per heavy atom. The number of aromatic nitrogens is 1. The SMILES string of the molecule is CCN(Cc1ccncc1)C(=O)C1=CCCCC1. The normalized spacial score (nSPS) is 15.1. The molecule has 0 unspecified atom stereocenters. The molecular formula is C15H20N2O. The monoisotopic (exact) mass is 244 g/mol. The number of hydrogen-bond acceptors (Lipinski definition) is 2. The van der Waals surface area contributed by atoms with Crippen LogP contribution in [-0.2, 0) is 11.3 Å². The minimum Gasteiger partial charge on any atom is -0.335 e. The molecule has 0 aliphatic heterocycles. The highest BCUT2D eigenvalue weighted by Crippen LogP contribution is 2.20. The van der Waals surface area contributed by atoms with Crippen molar-refractivity contribution < 1.29 is 4.79 Å². The summed E-state index contributed by atoms with van der Waals surface area (Å²) < 4.78 is 0. The Hall–Kier alpha value is -1.64. The highest BCUT2D eigenvalue weighted by atomic mass is 16.2. The number of rotatable bonds is 4. The number of allylic oxidation sites excluding steroid dienone is 1. The van der Waals surface area contributed by atoms with Crippen molar-refractivity contribution in [2.45, 2.75) is 39.2 Å². The summed E-state index contributed by atoms with van der Waals surface area (Å²) in [5.41, 5.74) is 2.13. The maximum Gasteiger partial charge on any atom is 0.249 e. The summed E-state index contributed by atoms with van der Waals surface area (Å²) in [6.45, 7) is 3.45. The molecule has 18 heavy (non-hydrogen) atoms. The van der Waals surface area contributed by atoms with Crippen LogP contribution in [0, 0.1) is 0 Å². The molecule has 0 spiro atoms. The van der Waals surface area contributed by atoms with Crippen LogP contribution in [0.25, 0.3) is 0 Å². The zero-order chi connectivity index (χ0) is 12.8. The van der Waals surface area contributed by atoms with E-state index in [-0.39, 0.29) is 5.91 Å². The van der Waals surface area contributed by atoms with E-state index < -0.39 is 0 Å². The lowest BCUT2D eigenvalue weighted by Crippen LogP contribution is -2.32. The third kappa shape index (κ3) is 3.19. The van der Waals surface area contributed by atoms with Crippen molar-refractivity contribution in [3.05, 3.63) is 41.7 Å². The fourth-order valence-corrected chi connectivity index (χ4v) is 2.27. The average molecular weight is 244 g/mol. The van der Waals surface area contributed by atoms with E-state index >= 15 is 0 Å². The fraction of sp³-hybridized carbons (Fsp3) is 0.467. The number of likely N-dealkylation sites (N-methyl/N-ethyl adjacent to an activating group) is 1. The van der Waals surface area contributed by atoms with Gasteiger partial charge in [0.25, 0.3) is 0 Å². The summed E-state index contributed by atoms with van der Waals surface area (Å²) in [6, 6.07) is 3.93. The van der Waals surface area contributed by atoms with Gasteiger partial charge in [0, 0.05) is 31.1 Å². The third-order valence-electron chi connectivity index (χ3n) is 3.36. The molecule has 1 aromatic heterocycles. The van der Waals surface area contributed by atoms with Gasteiger partial charge in [0.2, 0.25) is 5.91 Å². The Morgan fingerprint density at radius 3 is 2.72 bits per heavy atom. The van der Waals surface area contributed by atoms with Crippen molar-refractivity contribution in [1.29, 1.82) is 0 Å². The molecule has 1 aliphatic carbocycles. The molecule has 1 heterocycles. The summed E-state index contributed by atoms with van der Waals surface area (Å²) in [5.74, 6) is 0.203. The third-order valence-corrected chi connectivity index (χ3v) is 3.36. The van der Waals surface area contributed by atoms with E-state index in [9.17, 15) is 4.79 Å². The molecule has 1 aliphatic rings. The first kappa shape index (κ1) is 12.8. The highest BCUT2D eigenvalue weighted by Gasteiger charge is 2.18. The second-order valence-electron chi connectivity index (χ2n) is 4.65. The van der Waals surface area contributed by atoms with Gasteiger partial charge in [-0.25, -0.2) is 0 Å². The van der Waals surface area contributed by atoms with Gasteiger partial charge in [0.05, 0.1) is 0 Å². The molecule has 96 valence electrons. The van der Waals surface area contributed by atoms with Crippen molar-refractivity contribution in [2.24, 2.45) is 0 Å². The van der Waals surface area contributed by atoms with Crippen LogP contribution in [0.5, 0.6) is 0 Å². The molecule has 0 saturated heterocycles. The summed E-state index contributed by atoms with van der Waals surface area (Å²) in [7, 11) is 0. The Morgan fingerprint density at radius 1 is 1.33 bits per heavy atom. The molecular weight excluding hydrogens is 224 g/mol. The van der Waals surface area contributed by atoms with Crippen molar-refractivity contribution in [1.82, 2.24) is 9.88 Å². The molecule has 0 bridgehead atoms. The van der Waals surface area contributed by atoms with Crippen LogP contribution in [0.2, 0.25) is 0 Å². The van der Waals surface area contributed by atoms with Gasteiger partial charge in [-0.2, -0.15) is 0 Å². The summed E-state index contributed by atoms with van der Waals surface area (Å²) in [5, 5.41) is 0. The summed E-state index contributed by atoms with van der Waals surface area (Å²) in [6.07, 6.45) is 10.00.